The molecule has 0 aliphatic carbocycles. The van der Waals surface area contributed by atoms with Crippen LogP contribution in [0.25, 0.3) is 32.9 Å². The molecule has 0 spiro atoms. The average Bonchev–Trinajstić information content (AvgIpc) is 3.01. The van der Waals surface area contributed by atoms with Gasteiger partial charge in [-0.2, -0.15) is 15.3 Å². The Hall–Kier alpha value is -2.57. The molecule has 1 aliphatic rings. The minimum Gasteiger partial charge on any atom is -0.317 e. The second-order valence-electron chi connectivity index (χ2n) is 7.63. The largest absolute Gasteiger partial charge is 0.317 e. The molecule has 4 aromatic rings. The van der Waals surface area contributed by atoms with Crippen LogP contribution in [0, 0.1) is 12.7 Å². The van der Waals surface area contributed by atoms with Crippen molar-refractivity contribution in [3.05, 3.63) is 53.6 Å². The number of benzene rings is 2. The normalized spacial score (nSPS) is 15.0. The van der Waals surface area contributed by atoms with E-state index in [1.807, 2.05) is 42.9 Å². The van der Waals surface area contributed by atoms with Crippen LogP contribution in [0.4, 0.5) is 4.39 Å². The fourth-order valence-electron chi connectivity index (χ4n) is 4.22. The van der Waals surface area contributed by atoms with E-state index in [2.05, 4.69) is 26.7 Å². The van der Waals surface area contributed by atoms with E-state index >= 15 is 0 Å². The summed E-state index contributed by atoms with van der Waals surface area (Å²) in [5.74, 6) is 0.105. The van der Waals surface area contributed by atoms with Gasteiger partial charge in [0.1, 0.15) is 5.82 Å². The summed E-state index contributed by atoms with van der Waals surface area (Å²) in [6.45, 7) is 3.94. The van der Waals surface area contributed by atoms with Gasteiger partial charge in [-0.3, -0.25) is 4.68 Å². The third-order valence-electron chi connectivity index (χ3n) is 5.80. The number of nitrogens with one attached hydrogen (secondary N) is 1. The molecule has 0 amide bonds. The molecule has 0 saturated carbocycles. The lowest BCUT2D eigenvalue weighted by molar-refractivity contribution is 0.451. The molecule has 0 bridgehead atoms. The molecule has 3 heterocycles. The van der Waals surface area contributed by atoms with Crippen LogP contribution in [-0.4, -0.2) is 33.1 Å². The summed E-state index contributed by atoms with van der Waals surface area (Å²) in [6, 6.07) is 11.5. The average molecular weight is 412 g/mol. The summed E-state index contributed by atoms with van der Waals surface area (Å²) in [5, 5.41) is 18.2. The first-order valence-electron chi connectivity index (χ1n) is 9.71. The second kappa shape index (κ2) is 7.69. The molecule has 0 radical (unpaired) electrons. The molecule has 29 heavy (non-hydrogen) atoms. The van der Waals surface area contributed by atoms with E-state index < -0.39 is 0 Å². The molecular formula is C22H23ClFN5. The van der Waals surface area contributed by atoms with E-state index in [9.17, 15) is 4.39 Å². The lowest BCUT2D eigenvalue weighted by Crippen LogP contribution is -2.27. The lowest BCUT2D eigenvalue weighted by Gasteiger charge is -2.21. The van der Waals surface area contributed by atoms with Crippen molar-refractivity contribution in [1.29, 1.82) is 0 Å². The number of hydrogen-bond donors (Lipinski definition) is 1. The van der Waals surface area contributed by atoms with Crippen molar-refractivity contribution >= 4 is 34.2 Å². The van der Waals surface area contributed by atoms with Crippen molar-refractivity contribution in [2.75, 3.05) is 13.1 Å². The Kier molecular flexibility index (Phi) is 5.23. The highest BCUT2D eigenvalue weighted by molar-refractivity contribution is 5.90. The Labute approximate surface area is 174 Å². The molecular weight excluding hydrogens is 389 g/mol. The van der Waals surface area contributed by atoms with E-state index in [1.165, 1.54) is 0 Å². The molecule has 1 saturated heterocycles. The zero-order valence-electron chi connectivity index (χ0n) is 16.4. The van der Waals surface area contributed by atoms with Gasteiger partial charge in [0.25, 0.3) is 0 Å². The van der Waals surface area contributed by atoms with Crippen LogP contribution >= 0.6 is 12.4 Å². The molecule has 1 fully saturated rings. The summed E-state index contributed by atoms with van der Waals surface area (Å²) < 4.78 is 16.8. The fourth-order valence-corrected chi connectivity index (χ4v) is 4.22. The SMILES string of the molecule is Cc1nn(C)c2ccc(-c3cc(F)c4cc(C5CCNCC5)nnc4c3)cc12.Cl. The van der Waals surface area contributed by atoms with Crippen molar-refractivity contribution in [3.63, 3.8) is 0 Å². The van der Waals surface area contributed by atoms with Crippen molar-refractivity contribution in [2.24, 2.45) is 7.05 Å². The van der Waals surface area contributed by atoms with Gasteiger partial charge in [-0.15, -0.1) is 12.4 Å². The predicted molar refractivity (Wildman–Crippen MR) is 116 cm³/mol. The third-order valence-corrected chi connectivity index (χ3v) is 5.80. The van der Waals surface area contributed by atoms with Crippen LogP contribution in [0.5, 0.6) is 0 Å². The Morgan fingerprint density at radius 1 is 1.00 bits per heavy atom. The van der Waals surface area contributed by atoms with Gasteiger partial charge in [0.15, 0.2) is 0 Å². The Morgan fingerprint density at radius 2 is 1.79 bits per heavy atom. The maximum atomic E-state index is 15.0. The van der Waals surface area contributed by atoms with E-state index in [0.717, 1.165) is 59.3 Å². The number of aryl methyl sites for hydroxylation is 2. The van der Waals surface area contributed by atoms with Gasteiger partial charge >= 0.3 is 0 Å². The van der Waals surface area contributed by atoms with E-state index in [1.54, 1.807) is 6.07 Å². The Balaban J connectivity index is 0.00000205. The maximum Gasteiger partial charge on any atom is 0.133 e. The summed E-state index contributed by atoms with van der Waals surface area (Å²) in [7, 11) is 1.93. The van der Waals surface area contributed by atoms with Gasteiger partial charge < -0.3 is 5.32 Å². The number of fused-ring (bicyclic) bond motifs is 2. The van der Waals surface area contributed by atoms with E-state index in [0.29, 0.717) is 16.8 Å². The Morgan fingerprint density at radius 3 is 2.59 bits per heavy atom. The van der Waals surface area contributed by atoms with E-state index in [-0.39, 0.29) is 18.2 Å². The topological polar surface area (TPSA) is 55.6 Å². The minimum absolute atomic E-state index is 0. The zero-order valence-corrected chi connectivity index (χ0v) is 17.3. The van der Waals surface area contributed by atoms with Gasteiger partial charge in [0.05, 0.1) is 22.4 Å². The number of hydrogen-bond acceptors (Lipinski definition) is 4. The number of halogens is 2. The van der Waals surface area contributed by atoms with Crippen LogP contribution in [0.3, 0.4) is 0 Å². The highest BCUT2D eigenvalue weighted by Crippen LogP contribution is 2.31. The van der Waals surface area contributed by atoms with Crippen LogP contribution in [0.2, 0.25) is 0 Å². The number of nitrogens with zero attached hydrogens (tertiary/aromatic N) is 4. The number of aromatic nitrogens is 4. The summed E-state index contributed by atoms with van der Waals surface area (Å²) in [4.78, 5) is 0. The van der Waals surface area contributed by atoms with Crippen LogP contribution < -0.4 is 5.32 Å². The van der Waals surface area contributed by atoms with Gasteiger partial charge in [-0.05, 0) is 74.3 Å². The van der Waals surface area contributed by atoms with Crippen molar-refractivity contribution < 1.29 is 4.39 Å². The highest BCUT2D eigenvalue weighted by Gasteiger charge is 2.18. The summed E-state index contributed by atoms with van der Waals surface area (Å²) in [5.41, 5.74) is 5.28. The van der Waals surface area contributed by atoms with Crippen LogP contribution in [0.1, 0.15) is 30.1 Å². The number of rotatable bonds is 2. The zero-order chi connectivity index (χ0) is 19.3. The standard InChI is InChI=1S/C22H22FN5.ClH/c1-13-17-9-15(3-4-22(17)28(2)27-13)16-10-19(23)18-12-20(25-26-21(18)11-16)14-5-7-24-8-6-14;/h3-4,9-12,14,24H,5-8H2,1-2H3;1H. The molecule has 2 aromatic carbocycles. The monoisotopic (exact) mass is 411 g/mol. The molecule has 7 heteroatoms. The molecule has 0 atom stereocenters. The molecule has 1 N–H and O–H groups in total. The molecule has 150 valence electrons. The molecule has 0 unspecified atom stereocenters. The van der Waals surface area contributed by atoms with Gasteiger partial charge in [0.2, 0.25) is 0 Å². The third kappa shape index (κ3) is 3.47. The van der Waals surface area contributed by atoms with Gasteiger partial charge in [0, 0.05) is 23.7 Å². The van der Waals surface area contributed by atoms with Crippen molar-refractivity contribution in [2.45, 2.75) is 25.7 Å². The van der Waals surface area contributed by atoms with Crippen LogP contribution in [-0.2, 0) is 7.05 Å². The van der Waals surface area contributed by atoms with Crippen LogP contribution in [0.15, 0.2) is 36.4 Å². The molecule has 5 rings (SSSR count). The number of piperidine rings is 1. The maximum absolute atomic E-state index is 15.0. The van der Waals surface area contributed by atoms with Gasteiger partial charge in [-0.1, -0.05) is 6.07 Å². The first kappa shape index (κ1) is 19.7. The quantitative estimate of drug-likeness (QED) is 0.527. The molecule has 1 aliphatic heterocycles. The van der Waals surface area contributed by atoms with E-state index in [4.69, 9.17) is 0 Å². The second-order valence-corrected chi connectivity index (χ2v) is 7.63. The predicted octanol–water partition coefficient (Wildman–Crippen LogP) is 4.52. The van der Waals surface area contributed by atoms with Crippen molar-refractivity contribution in [3.8, 4) is 11.1 Å². The first-order valence-corrected chi connectivity index (χ1v) is 9.71. The smallest absolute Gasteiger partial charge is 0.133 e. The first-order chi connectivity index (χ1) is 13.6. The molecule has 5 nitrogen and oxygen atoms in total. The summed E-state index contributed by atoms with van der Waals surface area (Å²) >= 11 is 0. The minimum atomic E-state index is -0.249. The molecule has 2 aromatic heterocycles. The van der Waals surface area contributed by atoms with Crippen molar-refractivity contribution in [1.82, 2.24) is 25.3 Å². The summed E-state index contributed by atoms with van der Waals surface area (Å²) in [6.07, 6.45) is 2.04. The highest BCUT2D eigenvalue weighted by atomic mass is 35.5. The van der Waals surface area contributed by atoms with Gasteiger partial charge in [-0.25, -0.2) is 4.39 Å². The Bertz CT molecular complexity index is 1200. The fraction of sp³-hybridized carbons (Fsp3) is 0.318. The lowest BCUT2D eigenvalue weighted by atomic mass is 9.93.